The average Bonchev–Trinajstić information content (AvgIpc) is 2.74. The van der Waals surface area contributed by atoms with Gasteiger partial charge in [0.1, 0.15) is 11.6 Å². The molecule has 0 radical (unpaired) electrons. The van der Waals surface area contributed by atoms with Gasteiger partial charge in [0, 0.05) is 11.3 Å². The molecule has 1 aliphatic rings. The summed E-state index contributed by atoms with van der Waals surface area (Å²) in [4.78, 5) is 39.1. The summed E-state index contributed by atoms with van der Waals surface area (Å²) in [5, 5.41) is 5.23. The average molecular weight is 417 g/mol. The lowest BCUT2D eigenvalue weighted by Crippen LogP contribution is -3.15. The summed E-state index contributed by atoms with van der Waals surface area (Å²) in [6, 6.07) is 10.8. The lowest BCUT2D eigenvalue weighted by molar-refractivity contribution is -0.895. The van der Waals surface area contributed by atoms with Crippen molar-refractivity contribution >= 4 is 23.4 Å². The first kappa shape index (κ1) is 21.4. The molecule has 158 valence electrons. The van der Waals surface area contributed by atoms with Crippen molar-refractivity contribution in [2.45, 2.75) is 0 Å². The molecular formula is C21H23F2N4O3+. The normalized spacial score (nSPS) is 14.3. The van der Waals surface area contributed by atoms with Gasteiger partial charge in [0.05, 0.1) is 32.7 Å². The first-order chi connectivity index (χ1) is 14.4. The zero-order valence-electron chi connectivity index (χ0n) is 16.3. The summed E-state index contributed by atoms with van der Waals surface area (Å²) in [6.45, 7) is 2.20. The number of hydrogen-bond donors (Lipinski definition) is 3. The number of carbonyl (C=O) groups excluding carboxylic acids is 3. The second kappa shape index (κ2) is 9.93. The van der Waals surface area contributed by atoms with Gasteiger partial charge in [0.15, 0.2) is 6.54 Å². The van der Waals surface area contributed by atoms with Crippen LogP contribution in [0.25, 0.3) is 0 Å². The maximum absolute atomic E-state index is 13.2. The van der Waals surface area contributed by atoms with Crippen molar-refractivity contribution in [3.05, 3.63) is 65.7 Å². The quantitative estimate of drug-likeness (QED) is 0.622. The molecule has 3 rings (SSSR count). The van der Waals surface area contributed by atoms with E-state index in [0.717, 1.165) is 11.0 Å². The highest BCUT2D eigenvalue weighted by Gasteiger charge is 2.25. The minimum Gasteiger partial charge on any atom is -0.343 e. The van der Waals surface area contributed by atoms with Crippen LogP contribution in [-0.2, 0) is 9.59 Å². The van der Waals surface area contributed by atoms with Crippen LogP contribution in [0.15, 0.2) is 48.5 Å². The van der Waals surface area contributed by atoms with Crippen LogP contribution >= 0.6 is 0 Å². The van der Waals surface area contributed by atoms with Crippen molar-refractivity contribution in [1.82, 2.24) is 10.2 Å². The Morgan fingerprint density at radius 1 is 0.967 bits per heavy atom. The van der Waals surface area contributed by atoms with Crippen molar-refractivity contribution in [1.29, 1.82) is 0 Å². The van der Waals surface area contributed by atoms with Gasteiger partial charge in [-0.1, -0.05) is 6.07 Å². The second-order valence-electron chi connectivity index (χ2n) is 7.06. The van der Waals surface area contributed by atoms with E-state index in [-0.39, 0.29) is 36.3 Å². The summed E-state index contributed by atoms with van der Waals surface area (Å²) in [5.41, 5.74) is 0.688. The number of nitrogens with one attached hydrogen (secondary N) is 3. The molecule has 0 aliphatic carbocycles. The topological polar surface area (TPSA) is 83.0 Å². The fourth-order valence-electron chi connectivity index (χ4n) is 3.21. The maximum Gasteiger partial charge on any atom is 0.279 e. The zero-order valence-corrected chi connectivity index (χ0v) is 16.3. The number of hydrogen-bond acceptors (Lipinski definition) is 3. The number of quaternary nitrogens is 1. The first-order valence-electron chi connectivity index (χ1n) is 9.61. The molecule has 3 N–H and O–H groups in total. The van der Waals surface area contributed by atoms with E-state index in [1.165, 1.54) is 42.5 Å². The Kier molecular flexibility index (Phi) is 7.08. The van der Waals surface area contributed by atoms with Gasteiger partial charge in [-0.25, -0.2) is 8.78 Å². The van der Waals surface area contributed by atoms with Crippen molar-refractivity contribution in [3.8, 4) is 0 Å². The lowest BCUT2D eigenvalue weighted by atomic mass is 10.2. The largest absolute Gasteiger partial charge is 0.343 e. The number of rotatable bonds is 6. The van der Waals surface area contributed by atoms with E-state index in [1.807, 2.05) is 0 Å². The summed E-state index contributed by atoms with van der Waals surface area (Å²) in [6.07, 6.45) is 0. The molecular weight excluding hydrogens is 394 g/mol. The van der Waals surface area contributed by atoms with Gasteiger partial charge >= 0.3 is 0 Å². The molecule has 0 aromatic heterocycles. The predicted molar refractivity (Wildman–Crippen MR) is 106 cm³/mol. The fraction of sp³-hybridized carbons (Fsp3) is 0.286. The van der Waals surface area contributed by atoms with Crippen LogP contribution in [0, 0.1) is 11.6 Å². The van der Waals surface area contributed by atoms with E-state index in [4.69, 9.17) is 0 Å². The smallest absolute Gasteiger partial charge is 0.279 e. The molecule has 0 spiro atoms. The highest BCUT2D eigenvalue weighted by atomic mass is 19.1. The predicted octanol–water partition coefficient (Wildman–Crippen LogP) is 0.0604. The van der Waals surface area contributed by atoms with E-state index in [2.05, 4.69) is 10.6 Å². The van der Waals surface area contributed by atoms with Crippen molar-refractivity contribution in [3.63, 3.8) is 0 Å². The summed E-state index contributed by atoms with van der Waals surface area (Å²) < 4.78 is 26.1. The number of halogens is 2. The highest BCUT2D eigenvalue weighted by molar-refractivity contribution is 5.96. The summed E-state index contributed by atoms with van der Waals surface area (Å²) in [5.74, 6) is -1.80. The van der Waals surface area contributed by atoms with Crippen LogP contribution in [0.1, 0.15) is 10.4 Å². The van der Waals surface area contributed by atoms with Gasteiger partial charge in [0.25, 0.3) is 11.8 Å². The van der Waals surface area contributed by atoms with Crippen LogP contribution in [0.5, 0.6) is 0 Å². The van der Waals surface area contributed by atoms with Crippen LogP contribution < -0.4 is 15.5 Å². The first-order valence-corrected chi connectivity index (χ1v) is 9.61. The molecule has 0 bridgehead atoms. The Morgan fingerprint density at radius 3 is 2.33 bits per heavy atom. The number of nitrogens with zero attached hydrogens (tertiary/aromatic N) is 1. The standard InChI is InChI=1S/C21H22F2N4O3/c22-16-4-6-18(7-5-16)25-19(28)14-26-8-10-27(11-9-26)20(29)13-24-21(30)15-2-1-3-17(23)12-15/h1-7,12H,8-11,13-14H2,(H,24,30)(H,25,28)/p+1. The number of carbonyl (C=O) groups is 3. The Bertz CT molecular complexity index is 913. The van der Waals surface area contributed by atoms with Crippen LogP contribution in [-0.4, -0.2) is 61.9 Å². The molecule has 30 heavy (non-hydrogen) atoms. The van der Waals surface area contributed by atoms with Gasteiger partial charge in [-0.05, 0) is 42.5 Å². The number of piperazine rings is 1. The fourth-order valence-corrected chi connectivity index (χ4v) is 3.21. The van der Waals surface area contributed by atoms with Gasteiger partial charge in [-0.15, -0.1) is 0 Å². The lowest BCUT2D eigenvalue weighted by Gasteiger charge is -2.32. The van der Waals surface area contributed by atoms with E-state index in [1.54, 1.807) is 4.90 Å². The number of amides is 3. The van der Waals surface area contributed by atoms with E-state index >= 15 is 0 Å². The van der Waals surface area contributed by atoms with Gasteiger partial charge in [0.2, 0.25) is 5.91 Å². The molecule has 7 nitrogen and oxygen atoms in total. The molecule has 9 heteroatoms. The second-order valence-corrected chi connectivity index (χ2v) is 7.06. The molecule has 2 aromatic rings. The van der Waals surface area contributed by atoms with E-state index in [0.29, 0.717) is 31.9 Å². The minimum absolute atomic E-state index is 0.157. The monoisotopic (exact) mass is 417 g/mol. The van der Waals surface area contributed by atoms with Crippen molar-refractivity contribution in [2.24, 2.45) is 0 Å². The Labute approximate surface area is 172 Å². The molecule has 2 aromatic carbocycles. The molecule has 0 unspecified atom stereocenters. The third-order valence-corrected chi connectivity index (χ3v) is 4.85. The third-order valence-electron chi connectivity index (χ3n) is 4.85. The van der Waals surface area contributed by atoms with Crippen molar-refractivity contribution in [2.75, 3.05) is 44.6 Å². The van der Waals surface area contributed by atoms with Gasteiger partial charge < -0.3 is 20.4 Å². The van der Waals surface area contributed by atoms with Crippen LogP contribution in [0.3, 0.4) is 0 Å². The Balaban J connectivity index is 1.39. The molecule has 3 amide bonds. The van der Waals surface area contributed by atoms with Crippen molar-refractivity contribution < 1.29 is 28.1 Å². The van der Waals surface area contributed by atoms with Gasteiger partial charge in [-0.2, -0.15) is 0 Å². The number of anilines is 1. The summed E-state index contributed by atoms with van der Waals surface area (Å²) in [7, 11) is 0. The third kappa shape index (κ3) is 6.08. The molecule has 1 aliphatic heterocycles. The highest BCUT2D eigenvalue weighted by Crippen LogP contribution is 2.07. The van der Waals surface area contributed by atoms with E-state index < -0.39 is 11.7 Å². The molecule has 1 fully saturated rings. The zero-order chi connectivity index (χ0) is 21.5. The van der Waals surface area contributed by atoms with Crippen LogP contribution in [0.4, 0.5) is 14.5 Å². The summed E-state index contributed by atoms with van der Waals surface area (Å²) >= 11 is 0. The SMILES string of the molecule is O=C(C[NH+]1CCN(C(=O)CNC(=O)c2cccc(F)c2)CC1)Nc1ccc(F)cc1. The Hall–Kier alpha value is -3.33. The number of benzene rings is 2. The molecule has 0 atom stereocenters. The molecule has 0 saturated carbocycles. The molecule has 1 heterocycles. The maximum atomic E-state index is 13.2. The van der Waals surface area contributed by atoms with Crippen LogP contribution in [0.2, 0.25) is 0 Å². The minimum atomic E-state index is -0.517. The molecule has 1 saturated heterocycles. The van der Waals surface area contributed by atoms with Gasteiger partial charge in [-0.3, -0.25) is 14.4 Å². The van der Waals surface area contributed by atoms with E-state index in [9.17, 15) is 23.2 Å². The Morgan fingerprint density at radius 2 is 1.67 bits per heavy atom.